The predicted octanol–water partition coefficient (Wildman–Crippen LogP) is 2.22. The van der Waals surface area contributed by atoms with Crippen LogP contribution in [0.25, 0.3) is 0 Å². The summed E-state index contributed by atoms with van der Waals surface area (Å²) in [5, 5.41) is 12.5. The van der Waals surface area contributed by atoms with E-state index in [0.29, 0.717) is 6.04 Å². The van der Waals surface area contributed by atoms with Gasteiger partial charge in [0.05, 0.1) is 18.8 Å². The number of carbonyl (C=O) groups is 1. The molecule has 2 aliphatic heterocycles. The zero-order valence-electron chi connectivity index (χ0n) is 17.3. The van der Waals surface area contributed by atoms with E-state index in [-0.39, 0.29) is 5.82 Å². The number of anilines is 1. The molecule has 1 saturated heterocycles. The predicted molar refractivity (Wildman–Crippen MR) is 117 cm³/mol. The van der Waals surface area contributed by atoms with Crippen LogP contribution in [0.2, 0.25) is 0 Å². The van der Waals surface area contributed by atoms with Crippen LogP contribution in [0.3, 0.4) is 0 Å². The topological polar surface area (TPSA) is 111 Å². The number of primary amides is 1. The molecule has 2 aliphatic carbocycles. The molecule has 1 aromatic carbocycles. The van der Waals surface area contributed by atoms with E-state index in [4.69, 9.17) is 15.6 Å². The van der Waals surface area contributed by atoms with Gasteiger partial charge >= 0.3 is 6.03 Å². The molecule has 1 atom stereocenters. The first-order valence-electron chi connectivity index (χ1n) is 10.8. The summed E-state index contributed by atoms with van der Waals surface area (Å²) < 4.78 is 21.6. The maximum atomic E-state index is 14.0. The zero-order chi connectivity index (χ0) is 21.5. The number of urea groups is 1. The molecule has 2 aromatic rings. The Morgan fingerprint density at radius 1 is 1.16 bits per heavy atom. The monoisotopic (exact) mass is 446 g/mol. The number of likely N-dealkylation sites (tertiary alicyclic amines) is 1. The van der Waals surface area contributed by atoms with E-state index in [0.717, 1.165) is 84.0 Å². The molecule has 1 unspecified atom stereocenters. The smallest absolute Gasteiger partial charge is 0.316 e. The molecule has 0 saturated carbocycles. The first-order valence-corrected chi connectivity index (χ1v) is 11.7. The van der Waals surface area contributed by atoms with Crippen LogP contribution < -0.4 is 20.9 Å². The Morgan fingerprint density at radius 2 is 1.87 bits per heavy atom. The quantitative estimate of drug-likeness (QED) is 0.624. The summed E-state index contributed by atoms with van der Waals surface area (Å²) >= 11 is 1.20. The maximum absolute atomic E-state index is 14.0. The van der Waals surface area contributed by atoms with Crippen LogP contribution >= 0.6 is 11.9 Å². The van der Waals surface area contributed by atoms with Crippen molar-refractivity contribution in [1.82, 2.24) is 14.7 Å². The highest BCUT2D eigenvalue weighted by atomic mass is 32.2. The molecule has 31 heavy (non-hydrogen) atoms. The minimum Gasteiger partial charge on any atom is -0.475 e. The Morgan fingerprint density at radius 3 is 2.52 bits per heavy atom. The molecule has 4 aliphatic rings. The molecule has 1 fully saturated rings. The van der Waals surface area contributed by atoms with Crippen molar-refractivity contribution in [2.24, 2.45) is 10.9 Å². The number of nitrogens with one attached hydrogen (secondary N) is 1. The van der Waals surface area contributed by atoms with Gasteiger partial charge in [-0.3, -0.25) is 10.0 Å². The fourth-order valence-corrected chi connectivity index (χ4v) is 5.23. The fourth-order valence-electron chi connectivity index (χ4n) is 4.86. The van der Waals surface area contributed by atoms with Gasteiger partial charge < -0.3 is 15.8 Å². The number of fused-ring (bicyclic) bond motifs is 3. The maximum Gasteiger partial charge on any atom is 0.316 e. The second kappa shape index (κ2) is 8.33. The summed E-state index contributed by atoms with van der Waals surface area (Å²) in [4.78, 5) is 14.3. The lowest BCUT2D eigenvalue weighted by Gasteiger charge is -2.40. The number of ether oxygens (including phenoxy) is 1. The molecule has 6 rings (SSSR count). The molecule has 10 heteroatoms. The van der Waals surface area contributed by atoms with Crippen molar-refractivity contribution >= 4 is 23.7 Å². The van der Waals surface area contributed by atoms with Gasteiger partial charge in [0.2, 0.25) is 5.88 Å². The zero-order valence-corrected chi connectivity index (χ0v) is 18.1. The van der Waals surface area contributed by atoms with Gasteiger partial charge in [0, 0.05) is 5.69 Å². The lowest BCUT2D eigenvalue weighted by Crippen LogP contribution is -2.51. The van der Waals surface area contributed by atoms with Gasteiger partial charge in [-0.1, -0.05) is 0 Å². The van der Waals surface area contributed by atoms with E-state index in [2.05, 4.69) is 15.3 Å². The second-order valence-electron chi connectivity index (χ2n) is 8.41. The molecule has 166 valence electrons. The van der Waals surface area contributed by atoms with E-state index in [1.807, 2.05) is 4.68 Å². The highest BCUT2D eigenvalue weighted by Crippen LogP contribution is 2.41. The van der Waals surface area contributed by atoms with Crippen molar-refractivity contribution in [3.05, 3.63) is 34.3 Å². The van der Waals surface area contributed by atoms with E-state index in [1.54, 1.807) is 6.20 Å². The molecule has 5 N–H and O–H groups in total. The molecular weight excluding hydrogens is 419 g/mol. The molecule has 8 nitrogen and oxygen atoms in total. The highest BCUT2D eigenvalue weighted by molar-refractivity contribution is 7.97. The third-order valence-corrected chi connectivity index (χ3v) is 7.21. The number of hydrogen-bond acceptors (Lipinski definition) is 6. The van der Waals surface area contributed by atoms with E-state index >= 15 is 0 Å². The summed E-state index contributed by atoms with van der Waals surface area (Å²) in [7, 11) is 0. The largest absolute Gasteiger partial charge is 0.475 e. The Labute approximate surface area is 184 Å². The molecule has 0 spiro atoms. The average Bonchev–Trinajstić information content (AvgIpc) is 3.31. The summed E-state index contributed by atoms with van der Waals surface area (Å²) in [5.74, 6) is 0.794. The van der Waals surface area contributed by atoms with Crippen molar-refractivity contribution in [2.75, 3.05) is 25.0 Å². The van der Waals surface area contributed by atoms with Crippen molar-refractivity contribution in [2.45, 2.75) is 56.0 Å². The van der Waals surface area contributed by atoms with Gasteiger partial charge in [-0.25, -0.2) is 13.9 Å². The number of hydrogen-bond donors (Lipinski definition) is 3. The van der Waals surface area contributed by atoms with Crippen molar-refractivity contribution in [1.29, 1.82) is 0 Å². The number of nitrogens with zero attached hydrogens (tertiary/aromatic N) is 3. The Bertz CT molecular complexity index is 1020. The molecule has 1 aromatic heterocycles. The number of amides is 2. The van der Waals surface area contributed by atoms with Crippen LogP contribution in [-0.2, 0) is 32.2 Å². The van der Waals surface area contributed by atoms with Gasteiger partial charge in [-0.15, -0.1) is 0 Å². The molecular formula is C21H27FN6O2S. The number of halogens is 1. The van der Waals surface area contributed by atoms with Gasteiger partial charge in [-0.2, -0.15) is 5.10 Å². The van der Waals surface area contributed by atoms with E-state index in [9.17, 15) is 9.18 Å². The van der Waals surface area contributed by atoms with Gasteiger partial charge in [0.15, 0.2) is 0 Å². The standard InChI is InChI=1S/C12H13FN2O.C9H14N4OS/c13-10-6-2-1-3-8(6)11(15-12(14)16)9-5-4-7(9)10;10-15-8-4-11-13-5-7(6-14-9(8)13)12-2-1-3-12/h1-5H2,(H3,14,15,16);4,7H,1-3,5-6,10H2. The van der Waals surface area contributed by atoms with E-state index < -0.39 is 6.03 Å². The Hall–Kier alpha value is -2.30. The van der Waals surface area contributed by atoms with Crippen LogP contribution in [0.15, 0.2) is 11.1 Å². The highest BCUT2D eigenvalue weighted by Gasteiger charge is 2.31. The summed E-state index contributed by atoms with van der Waals surface area (Å²) in [6, 6.07) is -0.0726. The van der Waals surface area contributed by atoms with Crippen molar-refractivity contribution in [3.8, 4) is 5.88 Å². The normalized spacial score (nSPS) is 20.8. The van der Waals surface area contributed by atoms with Crippen LogP contribution in [-0.4, -0.2) is 46.4 Å². The lowest BCUT2D eigenvalue weighted by molar-refractivity contribution is 0.0418. The number of rotatable bonds is 3. The van der Waals surface area contributed by atoms with Crippen molar-refractivity contribution < 1.29 is 13.9 Å². The number of benzene rings is 1. The summed E-state index contributed by atoms with van der Waals surface area (Å²) in [6.07, 6.45) is 7.29. The molecule has 0 bridgehead atoms. The summed E-state index contributed by atoms with van der Waals surface area (Å²) in [6.45, 7) is 4.08. The second-order valence-corrected chi connectivity index (χ2v) is 9.09. The fraction of sp³-hybridized carbons (Fsp3) is 0.524. The Kier molecular flexibility index (Phi) is 5.53. The third kappa shape index (κ3) is 3.66. The lowest BCUT2D eigenvalue weighted by atomic mass is 9.83. The minimum atomic E-state index is -0.560. The van der Waals surface area contributed by atoms with Crippen molar-refractivity contribution in [3.63, 3.8) is 0 Å². The van der Waals surface area contributed by atoms with Crippen LogP contribution in [0.5, 0.6) is 5.88 Å². The van der Waals surface area contributed by atoms with Crippen LogP contribution in [0, 0.1) is 5.82 Å². The summed E-state index contributed by atoms with van der Waals surface area (Å²) in [5.41, 5.74) is 9.45. The number of nitrogens with two attached hydrogens (primary N) is 2. The third-order valence-electron chi connectivity index (χ3n) is 6.68. The van der Waals surface area contributed by atoms with E-state index in [1.165, 1.54) is 31.5 Å². The average molecular weight is 447 g/mol. The first kappa shape index (κ1) is 20.6. The van der Waals surface area contributed by atoms with Gasteiger partial charge in [-0.05, 0) is 85.8 Å². The number of carbonyl (C=O) groups excluding carboxylic acids is 1. The molecule has 2 amide bonds. The molecule has 0 radical (unpaired) electrons. The SMILES string of the molecule is NC(=O)Nc1c2c(c(F)c3c1CC3)CCC2.NSc1cnn2c1OCC(N1CCC1)C2. The Balaban J connectivity index is 0.000000132. The first-order chi connectivity index (χ1) is 15.1. The van der Waals surface area contributed by atoms with Gasteiger partial charge in [0.25, 0.3) is 0 Å². The molecule has 3 heterocycles. The van der Waals surface area contributed by atoms with Crippen LogP contribution in [0.1, 0.15) is 35.1 Å². The minimum absolute atomic E-state index is 0.0382. The van der Waals surface area contributed by atoms with Crippen LogP contribution in [0.4, 0.5) is 14.9 Å². The number of aromatic nitrogens is 2. The van der Waals surface area contributed by atoms with Gasteiger partial charge in [0.1, 0.15) is 17.3 Å².